The van der Waals surface area contributed by atoms with Crippen LogP contribution in [-0.2, 0) is 4.79 Å². The molecule has 0 heterocycles. The van der Waals surface area contributed by atoms with Gasteiger partial charge in [-0.1, -0.05) is 41.9 Å². The third kappa shape index (κ3) is 6.73. The summed E-state index contributed by atoms with van der Waals surface area (Å²) >= 11 is 5.89. The Morgan fingerprint density at radius 2 is 1.58 bits per heavy atom. The second-order valence-corrected chi connectivity index (χ2v) is 7.57. The minimum Gasteiger partial charge on any atom is -0.457 e. The van der Waals surface area contributed by atoms with E-state index >= 15 is 0 Å². The normalized spacial score (nSPS) is 11.2. The van der Waals surface area contributed by atoms with Crippen LogP contribution in [-0.4, -0.2) is 17.9 Å². The number of para-hydroxylation sites is 1. The van der Waals surface area contributed by atoms with Gasteiger partial charge in [0.05, 0.1) is 0 Å². The van der Waals surface area contributed by atoms with E-state index in [1.165, 1.54) is 0 Å². The minimum absolute atomic E-state index is 0.0870. The molecule has 3 aromatic rings. The van der Waals surface area contributed by atoms with Gasteiger partial charge in [-0.3, -0.25) is 9.59 Å². The van der Waals surface area contributed by atoms with Crippen molar-refractivity contribution in [2.75, 3.05) is 0 Å². The van der Waals surface area contributed by atoms with Gasteiger partial charge in [0, 0.05) is 16.6 Å². The van der Waals surface area contributed by atoms with E-state index in [1.807, 2.05) is 62.4 Å². The van der Waals surface area contributed by atoms with Gasteiger partial charge in [-0.05, 0) is 74.0 Å². The maximum Gasteiger partial charge on any atom is 0.268 e. The summed E-state index contributed by atoms with van der Waals surface area (Å²) in [6.07, 6.45) is 1.61. The summed E-state index contributed by atoms with van der Waals surface area (Å²) in [5.74, 6) is 0.537. The molecule has 5 nitrogen and oxygen atoms in total. The molecule has 2 N–H and O–H groups in total. The summed E-state index contributed by atoms with van der Waals surface area (Å²) in [5.41, 5.74) is 1.23. The van der Waals surface area contributed by atoms with Crippen molar-refractivity contribution in [1.29, 1.82) is 0 Å². The zero-order chi connectivity index (χ0) is 22.2. The third-order valence-corrected chi connectivity index (χ3v) is 4.42. The molecular weight excluding hydrogens is 412 g/mol. The lowest BCUT2D eigenvalue weighted by atomic mass is 10.1. The lowest BCUT2D eigenvalue weighted by Gasteiger charge is -2.13. The lowest BCUT2D eigenvalue weighted by Crippen LogP contribution is -2.38. The molecule has 158 valence electrons. The number of benzene rings is 3. The first-order chi connectivity index (χ1) is 14.9. The molecule has 0 aliphatic heterocycles. The monoisotopic (exact) mass is 434 g/mol. The smallest absolute Gasteiger partial charge is 0.268 e. The fraction of sp³-hybridized carbons (Fsp3) is 0.120. The second kappa shape index (κ2) is 10.5. The van der Waals surface area contributed by atoms with Crippen LogP contribution in [0.5, 0.6) is 11.5 Å². The minimum atomic E-state index is -0.404. The van der Waals surface area contributed by atoms with Crippen molar-refractivity contribution >= 4 is 29.5 Å². The standard InChI is InChI=1S/C25H23ClN2O3/c1-17(2)27-25(30)23(28-24(29)19-11-13-20(26)14-12-19)16-18-7-6-10-22(15-18)31-21-8-4-3-5-9-21/h3-17H,1-2H3,(H,27,30)(H,28,29)/b23-16-. The van der Waals surface area contributed by atoms with Gasteiger partial charge in [0.15, 0.2) is 0 Å². The van der Waals surface area contributed by atoms with Crippen LogP contribution < -0.4 is 15.4 Å². The Kier molecular flexibility index (Phi) is 7.46. The topological polar surface area (TPSA) is 67.4 Å². The molecule has 0 spiro atoms. The molecule has 0 unspecified atom stereocenters. The molecule has 31 heavy (non-hydrogen) atoms. The Labute approximate surface area is 186 Å². The van der Waals surface area contributed by atoms with Gasteiger partial charge in [-0.2, -0.15) is 0 Å². The average molecular weight is 435 g/mol. The molecule has 0 fully saturated rings. The summed E-state index contributed by atoms with van der Waals surface area (Å²) < 4.78 is 5.86. The van der Waals surface area contributed by atoms with E-state index in [2.05, 4.69) is 10.6 Å². The molecule has 6 heteroatoms. The zero-order valence-electron chi connectivity index (χ0n) is 17.3. The van der Waals surface area contributed by atoms with Gasteiger partial charge in [0.25, 0.3) is 11.8 Å². The van der Waals surface area contributed by atoms with E-state index in [0.29, 0.717) is 27.6 Å². The molecule has 0 radical (unpaired) electrons. The third-order valence-electron chi connectivity index (χ3n) is 4.17. The average Bonchev–Trinajstić information content (AvgIpc) is 2.74. The van der Waals surface area contributed by atoms with Gasteiger partial charge in [0.1, 0.15) is 17.2 Å². The van der Waals surface area contributed by atoms with Crippen LogP contribution in [0.15, 0.2) is 84.6 Å². The van der Waals surface area contributed by atoms with Crippen molar-refractivity contribution in [3.63, 3.8) is 0 Å². The quantitative estimate of drug-likeness (QED) is 0.487. The van der Waals surface area contributed by atoms with Crippen molar-refractivity contribution in [3.05, 3.63) is 101 Å². The fourth-order valence-electron chi connectivity index (χ4n) is 2.75. The number of halogens is 1. The summed E-state index contributed by atoms with van der Waals surface area (Å²) in [5, 5.41) is 6.04. The number of rotatable bonds is 7. The number of hydrogen-bond donors (Lipinski definition) is 2. The van der Waals surface area contributed by atoms with Crippen molar-refractivity contribution in [2.45, 2.75) is 19.9 Å². The Hall–Kier alpha value is -3.57. The Bertz CT molecular complexity index is 1080. The lowest BCUT2D eigenvalue weighted by molar-refractivity contribution is -0.118. The molecule has 3 rings (SSSR count). The number of amides is 2. The second-order valence-electron chi connectivity index (χ2n) is 7.13. The molecule has 0 aromatic heterocycles. The van der Waals surface area contributed by atoms with Crippen LogP contribution in [0.4, 0.5) is 0 Å². The van der Waals surface area contributed by atoms with Crippen LogP contribution >= 0.6 is 11.6 Å². The Morgan fingerprint density at radius 3 is 2.26 bits per heavy atom. The first-order valence-corrected chi connectivity index (χ1v) is 10.2. The molecule has 0 bridgehead atoms. The molecule has 0 aliphatic carbocycles. The van der Waals surface area contributed by atoms with Gasteiger partial charge < -0.3 is 15.4 Å². The van der Waals surface area contributed by atoms with Crippen LogP contribution in [0.1, 0.15) is 29.8 Å². The number of ether oxygens (including phenoxy) is 1. The predicted octanol–water partition coefficient (Wildman–Crippen LogP) is 5.43. The highest BCUT2D eigenvalue weighted by molar-refractivity contribution is 6.30. The maximum absolute atomic E-state index is 12.7. The highest BCUT2D eigenvalue weighted by Gasteiger charge is 2.15. The van der Waals surface area contributed by atoms with E-state index in [9.17, 15) is 9.59 Å². The van der Waals surface area contributed by atoms with Gasteiger partial charge in [-0.25, -0.2) is 0 Å². The predicted molar refractivity (Wildman–Crippen MR) is 123 cm³/mol. The molecule has 0 saturated carbocycles. The van der Waals surface area contributed by atoms with Gasteiger partial charge in [0.2, 0.25) is 0 Å². The molecule has 2 amide bonds. The summed E-state index contributed by atoms with van der Waals surface area (Å²) in [6.45, 7) is 3.70. The molecular formula is C25H23ClN2O3. The van der Waals surface area contributed by atoms with Gasteiger partial charge in [-0.15, -0.1) is 0 Å². The summed E-state index contributed by atoms with van der Waals surface area (Å²) in [4.78, 5) is 25.4. The summed E-state index contributed by atoms with van der Waals surface area (Å²) in [7, 11) is 0. The number of nitrogens with one attached hydrogen (secondary N) is 2. The SMILES string of the molecule is CC(C)NC(=O)/C(=C/c1cccc(Oc2ccccc2)c1)NC(=O)c1ccc(Cl)cc1. The molecule has 0 aliphatic rings. The van der Waals surface area contributed by atoms with E-state index in [-0.39, 0.29) is 17.6 Å². The Morgan fingerprint density at radius 1 is 0.903 bits per heavy atom. The Balaban J connectivity index is 1.86. The molecule has 3 aromatic carbocycles. The van der Waals surface area contributed by atoms with Crippen molar-refractivity contribution in [2.24, 2.45) is 0 Å². The maximum atomic E-state index is 12.7. The molecule has 0 atom stereocenters. The van der Waals surface area contributed by atoms with E-state index in [4.69, 9.17) is 16.3 Å². The first kappa shape index (κ1) is 22.1. The van der Waals surface area contributed by atoms with E-state index in [1.54, 1.807) is 36.4 Å². The largest absolute Gasteiger partial charge is 0.457 e. The van der Waals surface area contributed by atoms with Crippen LogP contribution in [0.3, 0.4) is 0 Å². The highest BCUT2D eigenvalue weighted by atomic mass is 35.5. The van der Waals surface area contributed by atoms with Gasteiger partial charge >= 0.3 is 0 Å². The van der Waals surface area contributed by atoms with Crippen molar-refractivity contribution in [3.8, 4) is 11.5 Å². The number of carbonyl (C=O) groups excluding carboxylic acids is 2. The molecule has 0 saturated heterocycles. The first-order valence-electron chi connectivity index (χ1n) is 9.83. The van der Waals surface area contributed by atoms with E-state index < -0.39 is 5.91 Å². The van der Waals surface area contributed by atoms with Crippen LogP contribution in [0.2, 0.25) is 5.02 Å². The van der Waals surface area contributed by atoms with Crippen molar-refractivity contribution in [1.82, 2.24) is 10.6 Å². The zero-order valence-corrected chi connectivity index (χ0v) is 18.0. The number of carbonyl (C=O) groups is 2. The summed E-state index contributed by atoms with van der Waals surface area (Å²) in [6, 6.07) is 23.0. The van der Waals surface area contributed by atoms with E-state index in [0.717, 1.165) is 0 Å². The van der Waals surface area contributed by atoms with Crippen LogP contribution in [0.25, 0.3) is 6.08 Å². The number of hydrogen-bond acceptors (Lipinski definition) is 3. The van der Waals surface area contributed by atoms with Crippen molar-refractivity contribution < 1.29 is 14.3 Å². The fourth-order valence-corrected chi connectivity index (χ4v) is 2.88. The van der Waals surface area contributed by atoms with Crippen LogP contribution in [0, 0.1) is 0 Å². The highest BCUT2D eigenvalue weighted by Crippen LogP contribution is 2.22.